The number of nitrogens with one attached hydrogen (secondary N) is 1. The zero-order valence-corrected chi connectivity index (χ0v) is 87.0. The quantitative estimate of drug-likeness (QED) is 0.148. The molecule has 0 aliphatic rings. The molecule has 14 aromatic heterocycles. The molecule has 0 aromatic carbocycles. The van der Waals surface area contributed by atoms with Crippen LogP contribution >= 0.6 is 22.7 Å². The van der Waals surface area contributed by atoms with E-state index in [0.717, 1.165) is 34.2 Å². The highest BCUT2D eigenvalue weighted by Gasteiger charge is 2.21. The lowest BCUT2D eigenvalue weighted by molar-refractivity contribution is 0.392. The fraction of sp³-hybridized carbons (Fsp3) is 0.561. The van der Waals surface area contributed by atoms with Crippen molar-refractivity contribution in [3.05, 3.63) is 256 Å². The van der Waals surface area contributed by atoms with Crippen LogP contribution in [0.25, 0.3) is 0 Å². The number of aryl methyl sites for hydroxylation is 7. The second-order valence-electron chi connectivity index (χ2n) is 39.0. The topological polar surface area (TPSA) is 287 Å². The van der Waals surface area contributed by atoms with Crippen molar-refractivity contribution in [1.29, 1.82) is 0 Å². The third-order valence-corrected chi connectivity index (χ3v) is 19.6. The second-order valence-corrected chi connectivity index (χ2v) is 40.7. The average molecular weight is 1780 g/mol. The summed E-state index contributed by atoms with van der Waals surface area (Å²) in [5, 5.41) is 48.2. The Morgan fingerprint density at radius 1 is 0.449 bits per heavy atom. The van der Waals surface area contributed by atoms with E-state index in [2.05, 4.69) is 379 Å². The lowest BCUT2D eigenvalue weighted by atomic mass is 9.89. The predicted molar refractivity (Wildman–Crippen MR) is 527 cm³/mol. The molecule has 29 heteroatoms. The van der Waals surface area contributed by atoms with Crippen LogP contribution in [0.4, 0.5) is 0 Å². The molecule has 14 heterocycles. The van der Waals surface area contributed by atoms with Crippen molar-refractivity contribution in [1.82, 2.24) is 128 Å². The van der Waals surface area contributed by atoms with E-state index in [1.54, 1.807) is 106 Å². The van der Waals surface area contributed by atoms with Gasteiger partial charge in [-0.1, -0.05) is 183 Å². The van der Waals surface area contributed by atoms with Crippen molar-refractivity contribution >= 4 is 22.7 Å². The largest absolute Gasteiger partial charge is 0.365 e. The van der Waals surface area contributed by atoms with Crippen LogP contribution in [0.15, 0.2) is 188 Å². The molecule has 0 spiro atoms. The first-order valence-corrected chi connectivity index (χ1v) is 45.8. The number of hydrogen-bond donors (Lipinski definition) is 1. The van der Waals surface area contributed by atoms with Gasteiger partial charge in [-0.3, -0.25) is 38.4 Å². The summed E-state index contributed by atoms with van der Waals surface area (Å²) in [5.41, 5.74) is 16.3. The smallest absolute Gasteiger partial charge is 0.137 e. The average Bonchev–Trinajstić information content (AvgIpc) is 0.968. The Bertz CT molecular complexity index is 4440. The lowest BCUT2D eigenvalue weighted by Crippen LogP contribution is -2.17. The summed E-state index contributed by atoms with van der Waals surface area (Å²) in [5.74, 6) is 2.69. The normalized spacial score (nSPS) is 11.1. The molecule has 0 atom stereocenters. The van der Waals surface area contributed by atoms with Gasteiger partial charge in [0, 0.05) is 186 Å². The predicted octanol–water partition coefficient (Wildman–Crippen LogP) is 24.7. The Hall–Kier alpha value is -10.6. The highest BCUT2D eigenvalue weighted by molar-refractivity contribution is 7.09. The van der Waals surface area contributed by atoms with Crippen molar-refractivity contribution in [3.63, 3.8) is 0 Å². The zero-order chi connectivity index (χ0) is 96.8. The van der Waals surface area contributed by atoms with Crippen LogP contribution in [0.1, 0.15) is 356 Å². The van der Waals surface area contributed by atoms with Gasteiger partial charge < -0.3 is 18.6 Å². The summed E-state index contributed by atoms with van der Waals surface area (Å²) < 4.78 is 18.4. The van der Waals surface area contributed by atoms with E-state index in [4.69, 9.17) is 4.52 Å². The highest BCUT2D eigenvalue weighted by Crippen LogP contribution is 2.27. The number of aromatic nitrogens is 26. The van der Waals surface area contributed by atoms with Crippen LogP contribution in [0.5, 0.6) is 0 Å². The van der Waals surface area contributed by atoms with Gasteiger partial charge in [-0.15, -0.1) is 38.0 Å². The molecule has 14 rings (SSSR count). The van der Waals surface area contributed by atoms with Crippen LogP contribution in [-0.4, -0.2) is 128 Å². The van der Waals surface area contributed by atoms with E-state index >= 15 is 0 Å². The number of nitrogens with zero attached hydrogens (tertiary/aromatic N) is 25. The fourth-order valence-corrected chi connectivity index (χ4v) is 12.1. The molecule has 0 unspecified atom stereocenters. The molecule has 0 radical (unpaired) electrons. The van der Waals surface area contributed by atoms with Gasteiger partial charge in [0.05, 0.1) is 64.1 Å². The van der Waals surface area contributed by atoms with Gasteiger partial charge in [-0.2, -0.15) is 35.4 Å². The summed E-state index contributed by atoms with van der Waals surface area (Å²) in [6.45, 7) is 80.9. The number of H-pyrrole nitrogens is 1. The van der Waals surface area contributed by atoms with E-state index in [0.29, 0.717) is 53.4 Å². The fourth-order valence-electron chi connectivity index (χ4n) is 10.7. The molecule has 0 saturated carbocycles. The SMILES string of the molecule is CC(C)(C)c1cnccn1.CC(C)(C)c1cscn1.CC(C)c1ccc[nH]1.CC(C)c1nccs1.CC(C)n1cccn1.CC(C)n1ccnn1.CC(C)n1cncn1.CC(C)n1cnnc1.CC(C)n1nccn1.Cc1cccc(C(C)(C)C)n1.Cc1cnn(C)c1C(C)(C)C.Cc1noc(C)c1C(C)C.Cn1ccc(C(C)(C)C)c1.Cn1ccc(C(C)(C)C)n1. The number of rotatable bonds is 8. The van der Waals surface area contributed by atoms with Crippen molar-refractivity contribution in [2.24, 2.45) is 21.1 Å². The Balaban J connectivity index is 0.000000685. The molecule has 127 heavy (non-hydrogen) atoms. The molecule has 702 valence electrons. The van der Waals surface area contributed by atoms with Gasteiger partial charge in [-0.05, 0) is 168 Å². The minimum Gasteiger partial charge on any atom is -0.365 e. The molecule has 0 bridgehead atoms. The lowest BCUT2D eigenvalue weighted by Gasteiger charge is -2.19. The molecule has 0 amide bonds. The number of thiazole rings is 2. The van der Waals surface area contributed by atoms with Gasteiger partial charge in [0.2, 0.25) is 0 Å². The molecule has 0 saturated heterocycles. The van der Waals surface area contributed by atoms with E-state index in [1.807, 2.05) is 134 Å². The summed E-state index contributed by atoms with van der Waals surface area (Å²) in [7, 11) is 5.98. The third kappa shape index (κ3) is 48.3. The summed E-state index contributed by atoms with van der Waals surface area (Å²) in [6.07, 6.45) is 34.5. The molecule has 14 aromatic rings. The highest BCUT2D eigenvalue weighted by atomic mass is 32.1. The van der Waals surface area contributed by atoms with Gasteiger partial charge in [-0.25, -0.2) is 15.0 Å². The van der Waals surface area contributed by atoms with E-state index in [-0.39, 0.29) is 27.1 Å². The Morgan fingerprint density at radius 3 is 1.30 bits per heavy atom. The Kier molecular flexibility index (Phi) is 51.0. The number of pyridine rings is 1. The first-order valence-electron chi connectivity index (χ1n) is 43.9. The van der Waals surface area contributed by atoms with Crippen LogP contribution in [-0.2, 0) is 53.6 Å². The monoisotopic (exact) mass is 1780 g/mol. The molecule has 0 aliphatic heterocycles. The first-order chi connectivity index (χ1) is 58.9. The molecule has 27 nitrogen and oxygen atoms in total. The van der Waals surface area contributed by atoms with Crippen molar-refractivity contribution in [3.8, 4) is 0 Å². The maximum absolute atomic E-state index is 5.01. The van der Waals surface area contributed by atoms with Crippen LogP contribution in [0.3, 0.4) is 0 Å². The minimum absolute atomic E-state index is 0.119. The number of hydrogen-bond acceptors (Lipinski definition) is 20. The van der Waals surface area contributed by atoms with Crippen LogP contribution < -0.4 is 0 Å². The van der Waals surface area contributed by atoms with Gasteiger partial charge in [0.15, 0.2) is 0 Å². The van der Waals surface area contributed by atoms with Crippen LogP contribution in [0.2, 0.25) is 0 Å². The summed E-state index contributed by atoms with van der Waals surface area (Å²) in [4.78, 5) is 29.6. The molecule has 1 N–H and O–H groups in total. The van der Waals surface area contributed by atoms with Crippen LogP contribution in [0, 0.1) is 27.7 Å². The van der Waals surface area contributed by atoms with Crippen molar-refractivity contribution < 1.29 is 4.52 Å². The molecule has 0 fully saturated rings. The molecule has 0 aliphatic carbocycles. The van der Waals surface area contributed by atoms with E-state index in [1.165, 1.54) is 38.8 Å². The zero-order valence-electron chi connectivity index (χ0n) is 85.3. The van der Waals surface area contributed by atoms with Gasteiger partial charge >= 0.3 is 0 Å². The van der Waals surface area contributed by atoms with Gasteiger partial charge in [0.25, 0.3) is 0 Å². The third-order valence-electron chi connectivity index (χ3n) is 18.0. The first kappa shape index (κ1) is 114. The Labute approximate surface area is 771 Å². The number of aromatic amines is 1. The maximum atomic E-state index is 5.01. The van der Waals surface area contributed by atoms with Crippen molar-refractivity contribution in [2.75, 3.05) is 0 Å². The minimum atomic E-state index is 0.119. The summed E-state index contributed by atoms with van der Waals surface area (Å²) in [6, 6.07) is 18.6. The molecular formula is C98H162N26OS2. The van der Waals surface area contributed by atoms with E-state index in [9.17, 15) is 0 Å². The Morgan fingerprint density at radius 2 is 1.06 bits per heavy atom. The standard InChI is InChI=1S/C10H15N.C9H16N2.C9H15N.C8H14N2.C8H12N2.C8H13NO.C7H11NS.C7H11N.C6H10N2.C6H9NS.4C5H9N3/c1-8-6-5-7-9(11-8)10(2,3)4;1-7-6-10-11(5)8(7)9(2,3)4;1-9(2,3)8-5-6-10(4)7-8;1-8(2,3)7-5-6-10(4)9-7;1-8(2,3)7-6-9-4-5-10-7;1-5(2)8-6(3)9-10-7(8)4;1-7(2,3)6-4-9-5-8-6;1-6(2)7-4-3-5-8-7;1-6(2)8-5-3-4-7-8;1-5(2)6-7-3-4-8-6;1-5(2)8-3-6-7-4-8;1-5(2)8-4-6-3-7-8;1-5(2)8-4-3-6-7-8;1-5(2)8-6-3-4-7-8/h5-7H,1-4H3;6H,1-5H3;5-7H,1-4H3;5-6H,1-4H3;4-6H,1-3H3;5H,1-4H3;4-5H,1-3H3;3-6,8H,1-2H3;3-6H,1-2H3;5*3-5H,1-2H3. The van der Waals surface area contributed by atoms with E-state index < -0.39 is 0 Å². The summed E-state index contributed by atoms with van der Waals surface area (Å²) >= 11 is 3.38. The second kappa shape index (κ2) is 56.6. The van der Waals surface area contributed by atoms with Gasteiger partial charge in [0.1, 0.15) is 31.1 Å². The maximum Gasteiger partial charge on any atom is 0.137 e. The van der Waals surface area contributed by atoms with Crippen molar-refractivity contribution in [2.45, 2.75) is 344 Å². The molecular weight excluding hydrogens is 1620 g/mol.